The van der Waals surface area contributed by atoms with Crippen molar-refractivity contribution in [2.75, 3.05) is 5.75 Å². The lowest BCUT2D eigenvalue weighted by Gasteiger charge is -2.08. The summed E-state index contributed by atoms with van der Waals surface area (Å²) in [6.45, 7) is 0. The first-order valence-corrected chi connectivity index (χ1v) is 5.65. The van der Waals surface area contributed by atoms with Crippen LogP contribution in [0, 0.1) is 0 Å². The first kappa shape index (κ1) is 11.3. The second-order valence-corrected chi connectivity index (χ2v) is 4.13. The van der Waals surface area contributed by atoms with Gasteiger partial charge in [-0.05, 0) is 29.9 Å². The van der Waals surface area contributed by atoms with E-state index in [-0.39, 0.29) is 0 Å². The highest BCUT2D eigenvalue weighted by Gasteiger charge is 2.11. The van der Waals surface area contributed by atoms with Crippen molar-refractivity contribution in [2.24, 2.45) is 7.05 Å². The van der Waals surface area contributed by atoms with E-state index in [0.29, 0.717) is 17.8 Å². The molecule has 16 heavy (non-hydrogen) atoms. The Balaban J connectivity index is 2.48. The summed E-state index contributed by atoms with van der Waals surface area (Å²) in [7, 11) is 1.65. The van der Waals surface area contributed by atoms with Crippen LogP contribution in [0.1, 0.15) is 18.1 Å². The Labute approximate surface area is 97.9 Å². The minimum atomic E-state index is -0.563. The monoisotopic (exact) mass is 239 g/mol. The molecule has 0 bridgehead atoms. The second-order valence-electron chi connectivity index (χ2n) is 3.68. The van der Waals surface area contributed by atoms with Crippen LogP contribution in [0.3, 0.4) is 0 Å². The fraction of sp³-hybridized carbons (Fsp3) is 0.364. The summed E-state index contributed by atoms with van der Waals surface area (Å²) in [5, 5.41) is 9.78. The van der Waals surface area contributed by atoms with Crippen molar-refractivity contribution in [1.82, 2.24) is 4.57 Å². The van der Waals surface area contributed by atoms with Gasteiger partial charge in [0.05, 0.1) is 11.6 Å². The number of aromatic nitrogens is 1. The number of hydrogen-bond acceptors (Lipinski definition) is 4. The molecule has 86 valence electrons. The maximum Gasteiger partial charge on any atom is 0.419 e. The number of aliphatic hydroxyl groups is 1. The molecule has 1 aromatic carbocycles. The molecule has 1 heterocycles. The average Bonchev–Trinajstić information content (AvgIpc) is 2.55. The van der Waals surface area contributed by atoms with Gasteiger partial charge in [0.2, 0.25) is 0 Å². The standard InChI is InChI=1S/C11H13NO3S/c1-12-8-3-2-7(9(13)4-5-16)6-10(8)15-11(12)14/h2-3,6,9,13,16H,4-5H2,1H3. The van der Waals surface area contributed by atoms with Crippen LogP contribution >= 0.6 is 12.6 Å². The van der Waals surface area contributed by atoms with Gasteiger partial charge in [0.15, 0.2) is 5.58 Å². The van der Waals surface area contributed by atoms with E-state index >= 15 is 0 Å². The molecule has 2 rings (SSSR count). The van der Waals surface area contributed by atoms with E-state index in [1.165, 1.54) is 4.57 Å². The van der Waals surface area contributed by atoms with Crippen molar-refractivity contribution < 1.29 is 9.52 Å². The van der Waals surface area contributed by atoms with Gasteiger partial charge in [-0.3, -0.25) is 4.57 Å². The van der Waals surface area contributed by atoms with Crippen LogP contribution in [0.25, 0.3) is 11.1 Å². The molecular formula is C11H13NO3S. The van der Waals surface area contributed by atoms with Crippen LogP contribution in [-0.2, 0) is 7.05 Å². The van der Waals surface area contributed by atoms with Crippen LogP contribution in [-0.4, -0.2) is 15.4 Å². The number of thiol groups is 1. The van der Waals surface area contributed by atoms with E-state index < -0.39 is 11.9 Å². The number of aryl methyl sites for hydroxylation is 1. The Morgan fingerprint density at radius 2 is 2.31 bits per heavy atom. The zero-order valence-electron chi connectivity index (χ0n) is 8.88. The Hall–Kier alpha value is -1.20. The highest BCUT2D eigenvalue weighted by molar-refractivity contribution is 7.80. The maximum absolute atomic E-state index is 11.3. The molecule has 4 nitrogen and oxygen atoms in total. The van der Waals surface area contributed by atoms with E-state index in [0.717, 1.165) is 11.1 Å². The third-order valence-corrected chi connectivity index (χ3v) is 2.86. The molecule has 0 radical (unpaired) electrons. The molecule has 0 aliphatic carbocycles. The third-order valence-electron chi connectivity index (χ3n) is 2.60. The Morgan fingerprint density at radius 3 is 3.00 bits per heavy atom. The van der Waals surface area contributed by atoms with Gasteiger partial charge in [-0.25, -0.2) is 4.79 Å². The molecule has 1 atom stereocenters. The first-order chi connectivity index (χ1) is 7.63. The first-order valence-electron chi connectivity index (χ1n) is 5.02. The van der Waals surface area contributed by atoms with Crippen LogP contribution in [0.2, 0.25) is 0 Å². The van der Waals surface area contributed by atoms with E-state index in [9.17, 15) is 9.90 Å². The highest BCUT2D eigenvalue weighted by Crippen LogP contribution is 2.21. The number of fused-ring (bicyclic) bond motifs is 1. The summed E-state index contributed by atoms with van der Waals surface area (Å²) in [5.41, 5.74) is 1.98. The highest BCUT2D eigenvalue weighted by atomic mass is 32.1. The van der Waals surface area contributed by atoms with Crippen molar-refractivity contribution in [3.63, 3.8) is 0 Å². The molecule has 1 aromatic heterocycles. The molecule has 1 N–H and O–H groups in total. The number of benzene rings is 1. The Kier molecular flexibility index (Phi) is 3.07. The largest absolute Gasteiger partial charge is 0.419 e. The zero-order valence-corrected chi connectivity index (χ0v) is 9.78. The number of nitrogens with zero attached hydrogens (tertiary/aromatic N) is 1. The van der Waals surface area contributed by atoms with Gasteiger partial charge in [-0.15, -0.1) is 0 Å². The molecule has 0 spiro atoms. The second kappa shape index (κ2) is 4.35. The molecule has 5 heteroatoms. The van der Waals surface area contributed by atoms with E-state index in [4.69, 9.17) is 4.42 Å². The smallest absolute Gasteiger partial charge is 0.408 e. The predicted molar refractivity (Wildman–Crippen MR) is 64.9 cm³/mol. The minimum absolute atomic E-state index is 0.393. The van der Waals surface area contributed by atoms with E-state index in [2.05, 4.69) is 12.6 Å². The molecule has 2 aromatic rings. The van der Waals surface area contributed by atoms with Gasteiger partial charge in [-0.2, -0.15) is 12.6 Å². The predicted octanol–water partition coefficient (Wildman–Crippen LogP) is 1.48. The maximum atomic E-state index is 11.3. The van der Waals surface area contributed by atoms with Crippen LogP contribution in [0.15, 0.2) is 27.4 Å². The van der Waals surface area contributed by atoms with E-state index in [1.54, 1.807) is 25.2 Å². The van der Waals surface area contributed by atoms with Gasteiger partial charge >= 0.3 is 5.76 Å². The topological polar surface area (TPSA) is 55.4 Å². The zero-order chi connectivity index (χ0) is 11.7. The summed E-state index contributed by atoms with van der Waals surface area (Å²) >= 11 is 4.07. The van der Waals surface area contributed by atoms with E-state index in [1.807, 2.05) is 0 Å². The fourth-order valence-corrected chi connectivity index (χ4v) is 1.89. The summed E-state index contributed by atoms with van der Waals surface area (Å²) < 4.78 is 6.48. The molecule has 0 saturated heterocycles. The SMILES string of the molecule is Cn1c(=O)oc2cc(C(O)CCS)ccc21. The summed E-state index contributed by atoms with van der Waals surface area (Å²) in [4.78, 5) is 11.3. The number of rotatable bonds is 3. The van der Waals surface area contributed by atoms with Gasteiger partial charge in [-0.1, -0.05) is 6.07 Å². The summed E-state index contributed by atoms with van der Waals surface area (Å²) in [6, 6.07) is 5.27. The van der Waals surface area contributed by atoms with Gasteiger partial charge in [0.1, 0.15) is 0 Å². The summed E-state index contributed by atoms with van der Waals surface area (Å²) in [5.74, 6) is 0.216. The quantitative estimate of drug-likeness (QED) is 0.798. The lowest BCUT2D eigenvalue weighted by atomic mass is 10.1. The minimum Gasteiger partial charge on any atom is -0.408 e. The molecule has 1 unspecified atom stereocenters. The van der Waals surface area contributed by atoms with Crippen molar-refractivity contribution in [2.45, 2.75) is 12.5 Å². The van der Waals surface area contributed by atoms with Crippen molar-refractivity contribution in [1.29, 1.82) is 0 Å². The molecule has 0 amide bonds. The normalized spacial score (nSPS) is 13.2. The lowest BCUT2D eigenvalue weighted by Crippen LogP contribution is -2.08. The number of aliphatic hydroxyl groups excluding tert-OH is 1. The Morgan fingerprint density at radius 1 is 1.56 bits per heavy atom. The van der Waals surface area contributed by atoms with Crippen LogP contribution in [0.5, 0.6) is 0 Å². The van der Waals surface area contributed by atoms with Gasteiger partial charge in [0, 0.05) is 7.05 Å². The van der Waals surface area contributed by atoms with Crippen LogP contribution in [0.4, 0.5) is 0 Å². The molecule has 0 aliphatic rings. The van der Waals surface area contributed by atoms with Crippen molar-refractivity contribution >= 4 is 23.7 Å². The van der Waals surface area contributed by atoms with Crippen molar-refractivity contribution in [3.05, 3.63) is 34.3 Å². The third kappa shape index (κ3) is 1.88. The summed E-state index contributed by atoms with van der Waals surface area (Å²) in [6.07, 6.45) is 0.0125. The number of oxazole rings is 1. The van der Waals surface area contributed by atoms with Gasteiger partial charge in [0.25, 0.3) is 0 Å². The fourth-order valence-electron chi connectivity index (χ4n) is 1.65. The van der Waals surface area contributed by atoms with Crippen molar-refractivity contribution in [3.8, 4) is 0 Å². The average molecular weight is 239 g/mol. The molecule has 0 fully saturated rings. The van der Waals surface area contributed by atoms with Gasteiger partial charge < -0.3 is 9.52 Å². The molecule has 0 saturated carbocycles. The number of hydrogen-bond donors (Lipinski definition) is 2. The Bertz CT molecular complexity index is 558. The lowest BCUT2D eigenvalue weighted by molar-refractivity contribution is 0.175. The van der Waals surface area contributed by atoms with Crippen LogP contribution < -0.4 is 5.76 Å². The molecular weight excluding hydrogens is 226 g/mol. The molecule has 0 aliphatic heterocycles.